The van der Waals surface area contributed by atoms with Crippen molar-refractivity contribution in [2.24, 2.45) is 0 Å². The van der Waals surface area contributed by atoms with Gasteiger partial charge in [0, 0.05) is 12.8 Å². The Balaban J connectivity index is 2.24. The number of aromatic hydroxyl groups is 2. The summed E-state index contributed by atoms with van der Waals surface area (Å²) in [7, 11) is 0. The van der Waals surface area contributed by atoms with Crippen molar-refractivity contribution in [1.82, 2.24) is 0 Å². The van der Waals surface area contributed by atoms with E-state index in [4.69, 9.17) is 5.11 Å². The fourth-order valence-electron chi connectivity index (χ4n) is 2.71. The number of phenols is 2. The summed E-state index contributed by atoms with van der Waals surface area (Å²) in [5, 5.41) is 67.7. The molecule has 9 heteroatoms. The zero-order valence-electron chi connectivity index (χ0n) is 12.9. The molecule has 0 aromatic heterocycles. The van der Waals surface area contributed by atoms with E-state index >= 15 is 0 Å². The highest BCUT2D eigenvalue weighted by Gasteiger charge is 2.59. The second-order valence-electron chi connectivity index (χ2n) is 6.05. The maximum Gasteiger partial charge on any atom is 0.335 e. The minimum Gasteiger partial charge on any atom is -0.504 e. The molecule has 1 saturated carbocycles. The molecule has 0 amide bonds. The Bertz CT molecular complexity index is 712. The number of aliphatic carboxylic acids is 1. The van der Waals surface area contributed by atoms with E-state index in [2.05, 4.69) is 0 Å². The van der Waals surface area contributed by atoms with Gasteiger partial charge in [0.15, 0.2) is 28.5 Å². The molecule has 0 heterocycles. The van der Waals surface area contributed by atoms with Crippen molar-refractivity contribution in [2.75, 3.05) is 0 Å². The van der Waals surface area contributed by atoms with Gasteiger partial charge in [-0.1, -0.05) is 12.1 Å². The van der Waals surface area contributed by atoms with Crippen molar-refractivity contribution in [1.29, 1.82) is 0 Å². The Hall–Kier alpha value is -2.46. The van der Waals surface area contributed by atoms with E-state index in [9.17, 15) is 40.2 Å². The highest BCUT2D eigenvalue weighted by atomic mass is 16.4. The minimum atomic E-state index is -2.68. The molecule has 2 rings (SSSR count). The molecule has 2 atom stereocenters. The number of hydrogen-bond donors (Lipinski definition) is 7. The SMILES string of the molecule is O=C(O)C1(O)C[C@@H](O)C(O)(C(=O)/C=C/c2ccc(O)c(O)c2)[C@H](O)C1. The summed E-state index contributed by atoms with van der Waals surface area (Å²) >= 11 is 0. The lowest BCUT2D eigenvalue weighted by molar-refractivity contribution is -0.215. The maximum absolute atomic E-state index is 12.2. The Kier molecular flexibility index (Phi) is 4.87. The monoisotopic (exact) mass is 354 g/mol. The van der Waals surface area contributed by atoms with Crippen molar-refractivity contribution in [3.63, 3.8) is 0 Å². The molecule has 9 nitrogen and oxygen atoms in total. The van der Waals surface area contributed by atoms with Crippen LogP contribution in [0.2, 0.25) is 0 Å². The summed E-state index contributed by atoms with van der Waals surface area (Å²) in [6.45, 7) is 0. The number of phenolic OH excluding ortho intramolecular Hbond substituents is 2. The van der Waals surface area contributed by atoms with E-state index in [1.165, 1.54) is 12.1 Å². The van der Waals surface area contributed by atoms with Gasteiger partial charge in [-0.25, -0.2) is 4.79 Å². The van der Waals surface area contributed by atoms with E-state index in [0.29, 0.717) is 0 Å². The van der Waals surface area contributed by atoms with Crippen LogP contribution < -0.4 is 0 Å². The predicted octanol–water partition coefficient (Wildman–Crippen LogP) is -1.26. The van der Waals surface area contributed by atoms with Crippen LogP contribution in [0.1, 0.15) is 18.4 Å². The van der Waals surface area contributed by atoms with Crippen molar-refractivity contribution in [3.05, 3.63) is 29.8 Å². The van der Waals surface area contributed by atoms with Gasteiger partial charge in [-0.3, -0.25) is 4.79 Å². The van der Waals surface area contributed by atoms with Crippen LogP contribution in [0.25, 0.3) is 6.08 Å². The molecule has 1 aromatic rings. The van der Waals surface area contributed by atoms with Gasteiger partial charge in [-0.2, -0.15) is 0 Å². The molecule has 7 N–H and O–H groups in total. The smallest absolute Gasteiger partial charge is 0.335 e. The number of carboxylic acids is 1. The lowest BCUT2D eigenvalue weighted by Crippen LogP contribution is -2.66. The van der Waals surface area contributed by atoms with Crippen LogP contribution in [-0.2, 0) is 9.59 Å². The fraction of sp³-hybridized carbons (Fsp3) is 0.375. The molecule has 1 aliphatic carbocycles. The van der Waals surface area contributed by atoms with Crippen LogP contribution in [-0.4, -0.2) is 70.9 Å². The highest BCUT2D eigenvalue weighted by Crippen LogP contribution is 2.37. The molecule has 0 aliphatic heterocycles. The molecule has 1 aromatic carbocycles. The number of ketones is 1. The quantitative estimate of drug-likeness (QED) is 0.257. The van der Waals surface area contributed by atoms with Crippen LogP contribution >= 0.6 is 0 Å². The zero-order chi connectivity index (χ0) is 19.0. The van der Waals surface area contributed by atoms with E-state index in [0.717, 1.165) is 18.2 Å². The first-order valence-corrected chi connectivity index (χ1v) is 7.29. The average molecular weight is 354 g/mol. The summed E-state index contributed by atoms with van der Waals surface area (Å²) in [5.41, 5.74) is -4.86. The number of aliphatic hydroxyl groups is 4. The van der Waals surface area contributed by atoms with Crippen molar-refractivity contribution in [3.8, 4) is 11.5 Å². The number of benzene rings is 1. The van der Waals surface area contributed by atoms with Gasteiger partial charge in [0.25, 0.3) is 0 Å². The van der Waals surface area contributed by atoms with Crippen molar-refractivity contribution >= 4 is 17.8 Å². The normalized spacial score (nSPS) is 32.6. The highest BCUT2D eigenvalue weighted by molar-refractivity contribution is 6.01. The lowest BCUT2D eigenvalue weighted by Gasteiger charge is -2.44. The van der Waals surface area contributed by atoms with Gasteiger partial charge in [0.1, 0.15) is 0 Å². The largest absolute Gasteiger partial charge is 0.504 e. The Morgan fingerprint density at radius 2 is 1.60 bits per heavy atom. The molecule has 1 fully saturated rings. The summed E-state index contributed by atoms with van der Waals surface area (Å²) in [6, 6.07) is 3.67. The van der Waals surface area contributed by atoms with Gasteiger partial charge in [0.2, 0.25) is 0 Å². The first kappa shape index (κ1) is 18.9. The van der Waals surface area contributed by atoms with Crippen LogP contribution in [0.4, 0.5) is 0 Å². The van der Waals surface area contributed by atoms with E-state index in [-0.39, 0.29) is 11.3 Å². The average Bonchev–Trinajstić information content (AvgIpc) is 2.53. The predicted molar refractivity (Wildman–Crippen MR) is 82.6 cm³/mol. The Morgan fingerprint density at radius 3 is 2.08 bits per heavy atom. The summed E-state index contributed by atoms with van der Waals surface area (Å²) < 4.78 is 0. The maximum atomic E-state index is 12.2. The number of aliphatic hydroxyl groups excluding tert-OH is 2. The number of hydrogen-bond acceptors (Lipinski definition) is 8. The summed E-state index contributed by atoms with van der Waals surface area (Å²) in [5.74, 6) is -3.59. The third-order valence-corrected chi connectivity index (χ3v) is 4.30. The third kappa shape index (κ3) is 3.35. The fourth-order valence-corrected chi connectivity index (χ4v) is 2.71. The zero-order valence-corrected chi connectivity index (χ0v) is 12.9. The molecule has 0 saturated heterocycles. The first-order chi connectivity index (χ1) is 11.5. The summed E-state index contributed by atoms with van der Waals surface area (Å²) in [4.78, 5) is 23.3. The molecule has 136 valence electrons. The second-order valence-corrected chi connectivity index (χ2v) is 6.05. The van der Waals surface area contributed by atoms with Gasteiger partial charge in [-0.15, -0.1) is 0 Å². The topological polar surface area (TPSA) is 176 Å². The van der Waals surface area contributed by atoms with E-state index in [1.54, 1.807) is 0 Å². The Morgan fingerprint density at radius 1 is 1.04 bits per heavy atom. The van der Waals surface area contributed by atoms with Crippen molar-refractivity contribution < 1.29 is 45.3 Å². The molecular formula is C16H18O9. The molecule has 0 unspecified atom stereocenters. The lowest BCUT2D eigenvalue weighted by atomic mass is 9.70. The minimum absolute atomic E-state index is 0.286. The molecule has 25 heavy (non-hydrogen) atoms. The van der Waals surface area contributed by atoms with Gasteiger partial charge < -0.3 is 35.7 Å². The second kappa shape index (κ2) is 6.45. The first-order valence-electron chi connectivity index (χ1n) is 7.29. The van der Waals surface area contributed by atoms with E-state index < -0.39 is 53.8 Å². The third-order valence-electron chi connectivity index (χ3n) is 4.30. The molecule has 1 aliphatic rings. The standard InChI is InChI=1S/C16H18O9/c17-9-3-1-8(5-10(9)18)2-4-11(19)16(25)12(20)6-15(24,14(22)23)7-13(16)21/h1-5,12-13,17-18,20-21,24-25H,6-7H2,(H,22,23)/b4-2+/t12-,13-,15?,16?/m1/s1. The number of carbonyl (C=O) groups is 2. The number of carbonyl (C=O) groups excluding carboxylic acids is 1. The van der Waals surface area contributed by atoms with Gasteiger partial charge >= 0.3 is 5.97 Å². The summed E-state index contributed by atoms with van der Waals surface area (Å²) in [6.07, 6.45) is -3.70. The molecular weight excluding hydrogens is 336 g/mol. The van der Waals surface area contributed by atoms with Gasteiger partial charge in [0.05, 0.1) is 12.2 Å². The Labute approximate surface area is 141 Å². The van der Waals surface area contributed by atoms with Crippen LogP contribution in [0.5, 0.6) is 11.5 Å². The van der Waals surface area contributed by atoms with Crippen LogP contribution in [0.3, 0.4) is 0 Å². The van der Waals surface area contributed by atoms with Crippen LogP contribution in [0.15, 0.2) is 24.3 Å². The number of rotatable bonds is 4. The molecule has 0 spiro atoms. The van der Waals surface area contributed by atoms with Crippen molar-refractivity contribution in [2.45, 2.75) is 36.3 Å². The van der Waals surface area contributed by atoms with Gasteiger partial charge in [-0.05, 0) is 23.8 Å². The number of carboxylic acid groups (broad SMARTS) is 1. The van der Waals surface area contributed by atoms with E-state index in [1.807, 2.05) is 0 Å². The molecule has 0 radical (unpaired) electrons. The van der Waals surface area contributed by atoms with Crippen LogP contribution in [0, 0.1) is 0 Å². The molecule has 0 bridgehead atoms.